The Morgan fingerprint density at radius 1 is 1.44 bits per heavy atom. The summed E-state index contributed by atoms with van der Waals surface area (Å²) in [5.41, 5.74) is 1.60. The molecule has 0 bridgehead atoms. The van der Waals surface area contributed by atoms with Gasteiger partial charge in [-0.25, -0.2) is 0 Å². The summed E-state index contributed by atoms with van der Waals surface area (Å²) in [5.74, 6) is -0.400. The first-order valence-electron chi connectivity index (χ1n) is 5.34. The van der Waals surface area contributed by atoms with Crippen molar-refractivity contribution in [1.82, 2.24) is 0 Å². The Kier molecular flexibility index (Phi) is 6.01. The zero-order chi connectivity index (χ0) is 13.5. The molecule has 0 radical (unpaired) electrons. The van der Waals surface area contributed by atoms with Gasteiger partial charge in [-0.2, -0.15) is 11.8 Å². The highest BCUT2D eigenvalue weighted by atomic mass is 35.5. The Morgan fingerprint density at radius 2 is 2.17 bits per heavy atom. The molecule has 0 aliphatic heterocycles. The molecule has 6 heteroatoms. The lowest BCUT2D eigenvalue weighted by molar-refractivity contribution is -0.136. The van der Waals surface area contributed by atoms with E-state index in [1.807, 2.05) is 13.0 Å². The number of hydrogen-bond donors (Lipinski definition) is 2. The Balaban J connectivity index is 2.38. The van der Waals surface area contributed by atoms with E-state index in [9.17, 15) is 9.59 Å². The molecule has 0 aliphatic rings. The van der Waals surface area contributed by atoms with Crippen molar-refractivity contribution < 1.29 is 14.7 Å². The molecule has 0 heterocycles. The summed E-state index contributed by atoms with van der Waals surface area (Å²) in [7, 11) is 0. The van der Waals surface area contributed by atoms with Crippen LogP contribution in [0.2, 0.25) is 5.02 Å². The van der Waals surface area contributed by atoms with E-state index in [-0.39, 0.29) is 18.1 Å². The maximum Gasteiger partial charge on any atom is 0.304 e. The van der Waals surface area contributed by atoms with E-state index >= 15 is 0 Å². The number of aliphatic carboxylic acids is 1. The molecular formula is C12H14ClNO3S. The quantitative estimate of drug-likeness (QED) is 0.790. The highest BCUT2D eigenvalue weighted by Crippen LogP contribution is 2.22. The van der Waals surface area contributed by atoms with Gasteiger partial charge in [0.1, 0.15) is 0 Å². The maximum absolute atomic E-state index is 11.6. The van der Waals surface area contributed by atoms with Crippen molar-refractivity contribution in [2.45, 2.75) is 13.3 Å². The molecule has 1 aromatic rings. The smallest absolute Gasteiger partial charge is 0.304 e. The number of carbonyl (C=O) groups excluding carboxylic acids is 1. The van der Waals surface area contributed by atoms with Gasteiger partial charge in [0, 0.05) is 5.75 Å². The lowest BCUT2D eigenvalue weighted by atomic mass is 10.2. The van der Waals surface area contributed by atoms with E-state index in [0.29, 0.717) is 16.5 Å². The average molecular weight is 288 g/mol. The molecule has 1 amide bonds. The lowest BCUT2D eigenvalue weighted by Gasteiger charge is -2.07. The van der Waals surface area contributed by atoms with Gasteiger partial charge in [-0.1, -0.05) is 17.7 Å². The molecule has 0 saturated heterocycles. The minimum absolute atomic E-state index is 0.0588. The topological polar surface area (TPSA) is 66.4 Å². The van der Waals surface area contributed by atoms with Crippen molar-refractivity contribution in [1.29, 1.82) is 0 Å². The van der Waals surface area contributed by atoms with Crippen LogP contribution in [0.1, 0.15) is 12.0 Å². The van der Waals surface area contributed by atoms with E-state index in [0.717, 1.165) is 5.56 Å². The minimum atomic E-state index is -0.857. The van der Waals surface area contributed by atoms with Crippen LogP contribution in [0.15, 0.2) is 18.2 Å². The SMILES string of the molecule is Cc1ccc(NC(=O)CSCCC(=O)O)c(Cl)c1. The summed E-state index contributed by atoms with van der Waals surface area (Å²) in [5, 5.41) is 11.6. The third-order valence-electron chi connectivity index (χ3n) is 2.09. The van der Waals surface area contributed by atoms with E-state index in [1.165, 1.54) is 11.8 Å². The maximum atomic E-state index is 11.6. The number of hydrogen-bond acceptors (Lipinski definition) is 3. The number of nitrogens with one attached hydrogen (secondary N) is 1. The molecule has 0 unspecified atom stereocenters. The number of carboxylic acids is 1. The molecule has 0 atom stereocenters. The number of halogens is 1. The zero-order valence-electron chi connectivity index (χ0n) is 9.90. The number of anilines is 1. The fraction of sp³-hybridized carbons (Fsp3) is 0.333. The monoisotopic (exact) mass is 287 g/mol. The van der Waals surface area contributed by atoms with Crippen molar-refractivity contribution >= 4 is 40.9 Å². The number of carbonyl (C=O) groups is 2. The van der Waals surface area contributed by atoms with E-state index in [2.05, 4.69) is 5.32 Å². The fourth-order valence-electron chi connectivity index (χ4n) is 1.23. The number of thioether (sulfide) groups is 1. The van der Waals surface area contributed by atoms with E-state index in [4.69, 9.17) is 16.7 Å². The van der Waals surface area contributed by atoms with Gasteiger partial charge in [-0.05, 0) is 24.6 Å². The average Bonchev–Trinajstić information content (AvgIpc) is 2.28. The highest BCUT2D eigenvalue weighted by molar-refractivity contribution is 7.99. The zero-order valence-corrected chi connectivity index (χ0v) is 11.5. The molecule has 0 saturated carbocycles. The van der Waals surface area contributed by atoms with Crippen LogP contribution in [-0.4, -0.2) is 28.5 Å². The van der Waals surface area contributed by atoms with Gasteiger partial charge in [0.2, 0.25) is 5.91 Å². The van der Waals surface area contributed by atoms with Gasteiger partial charge >= 0.3 is 5.97 Å². The molecule has 1 aromatic carbocycles. The molecular weight excluding hydrogens is 274 g/mol. The van der Waals surface area contributed by atoms with Crippen LogP contribution in [-0.2, 0) is 9.59 Å². The Labute approximate surface area is 115 Å². The molecule has 0 spiro atoms. The van der Waals surface area contributed by atoms with Crippen LogP contribution < -0.4 is 5.32 Å². The second kappa shape index (κ2) is 7.28. The van der Waals surface area contributed by atoms with Gasteiger partial charge < -0.3 is 10.4 Å². The molecule has 2 N–H and O–H groups in total. The van der Waals surface area contributed by atoms with Crippen LogP contribution in [0.25, 0.3) is 0 Å². The Morgan fingerprint density at radius 3 is 2.78 bits per heavy atom. The summed E-state index contributed by atoms with van der Waals surface area (Å²) < 4.78 is 0. The van der Waals surface area contributed by atoms with Crippen LogP contribution in [0.4, 0.5) is 5.69 Å². The molecule has 1 rings (SSSR count). The van der Waals surface area contributed by atoms with Crippen LogP contribution in [0, 0.1) is 6.92 Å². The summed E-state index contributed by atoms with van der Waals surface area (Å²) in [6.45, 7) is 1.92. The summed E-state index contributed by atoms with van der Waals surface area (Å²) in [6.07, 6.45) is 0.0588. The number of benzene rings is 1. The second-order valence-electron chi connectivity index (χ2n) is 3.73. The Hall–Kier alpha value is -1.20. The molecule has 98 valence electrons. The highest BCUT2D eigenvalue weighted by Gasteiger charge is 2.06. The van der Waals surface area contributed by atoms with Crippen LogP contribution >= 0.6 is 23.4 Å². The first-order valence-corrected chi connectivity index (χ1v) is 6.88. The third-order valence-corrected chi connectivity index (χ3v) is 3.36. The van der Waals surface area contributed by atoms with Crippen molar-refractivity contribution in [3.63, 3.8) is 0 Å². The van der Waals surface area contributed by atoms with Gasteiger partial charge in [-0.3, -0.25) is 9.59 Å². The number of amides is 1. The first-order chi connectivity index (χ1) is 8.49. The number of carboxylic acid groups (broad SMARTS) is 1. The molecule has 18 heavy (non-hydrogen) atoms. The van der Waals surface area contributed by atoms with Gasteiger partial charge in [0.05, 0.1) is 22.9 Å². The summed E-state index contributed by atoms with van der Waals surface area (Å²) >= 11 is 7.26. The summed E-state index contributed by atoms with van der Waals surface area (Å²) in [4.78, 5) is 21.8. The lowest BCUT2D eigenvalue weighted by Crippen LogP contribution is -2.15. The van der Waals surface area contributed by atoms with Crippen molar-refractivity contribution in [3.05, 3.63) is 28.8 Å². The van der Waals surface area contributed by atoms with Gasteiger partial charge in [-0.15, -0.1) is 0 Å². The van der Waals surface area contributed by atoms with Crippen molar-refractivity contribution in [2.75, 3.05) is 16.8 Å². The van der Waals surface area contributed by atoms with Crippen LogP contribution in [0.5, 0.6) is 0 Å². The van der Waals surface area contributed by atoms with E-state index < -0.39 is 5.97 Å². The summed E-state index contributed by atoms with van der Waals surface area (Å²) in [6, 6.07) is 5.38. The van der Waals surface area contributed by atoms with Crippen molar-refractivity contribution in [3.8, 4) is 0 Å². The predicted octanol–water partition coefficient (Wildman–Crippen LogP) is 2.79. The predicted molar refractivity (Wildman–Crippen MR) is 74.4 cm³/mol. The molecule has 4 nitrogen and oxygen atoms in total. The fourth-order valence-corrected chi connectivity index (χ4v) is 2.24. The first kappa shape index (κ1) is 14.9. The standard InChI is InChI=1S/C12H14ClNO3S/c1-8-2-3-10(9(13)6-8)14-11(15)7-18-5-4-12(16)17/h2-3,6H,4-5,7H2,1H3,(H,14,15)(H,16,17). The third kappa shape index (κ3) is 5.42. The number of aryl methyl sites for hydroxylation is 1. The van der Waals surface area contributed by atoms with Crippen LogP contribution in [0.3, 0.4) is 0 Å². The van der Waals surface area contributed by atoms with E-state index in [1.54, 1.807) is 12.1 Å². The van der Waals surface area contributed by atoms with Gasteiger partial charge in [0.25, 0.3) is 0 Å². The normalized spacial score (nSPS) is 10.1. The molecule has 0 aromatic heterocycles. The van der Waals surface area contributed by atoms with Crippen molar-refractivity contribution in [2.24, 2.45) is 0 Å². The minimum Gasteiger partial charge on any atom is -0.481 e. The molecule has 0 aliphatic carbocycles. The Bertz CT molecular complexity index is 451. The van der Waals surface area contributed by atoms with Gasteiger partial charge in [0.15, 0.2) is 0 Å². The largest absolute Gasteiger partial charge is 0.481 e. The second-order valence-corrected chi connectivity index (χ2v) is 5.24. The number of rotatable bonds is 6. The molecule has 0 fully saturated rings.